The van der Waals surface area contributed by atoms with Crippen molar-refractivity contribution < 1.29 is 4.79 Å². The van der Waals surface area contributed by atoms with Gasteiger partial charge in [0.25, 0.3) is 5.91 Å². The number of hydrogen-bond acceptors (Lipinski definition) is 4. The minimum Gasteiger partial charge on any atom is -0.383 e. The quantitative estimate of drug-likeness (QED) is 0.736. The fraction of sp³-hybridized carbons (Fsp3) is 0.600. The molecule has 1 amide bonds. The van der Waals surface area contributed by atoms with E-state index in [4.69, 9.17) is 5.73 Å². The van der Waals surface area contributed by atoms with Crippen molar-refractivity contribution in [1.82, 2.24) is 15.5 Å². The van der Waals surface area contributed by atoms with Crippen LogP contribution < -0.4 is 11.1 Å². The van der Waals surface area contributed by atoms with E-state index in [2.05, 4.69) is 21.8 Å². The Labute approximate surface area is 98.6 Å². The Morgan fingerprint density at radius 2 is 2.50 bits per heavy atom. The molecule has 0 saturated heterocycles. The number of hydrogen-bond donors (Lipinski definition) is 3. The summed E-state index contributed by atoms with van der Waals surface area (Å²) in [6, 6.07) is 0.261. The van der Waals surface area contributed by atoms with Crippen LogP contribution in [-0.4, -0.2) is 33.7 Å². The molecule has 0 radical (unpaired) electrons. The minimum absolute atomic E-state index is 0.128. The number of amides is 1. The summed E-state index contributed by atoms with van der Waals surface area (Å²) >= 11 is 1.81. The highest BCUT2D eigenvalue weighted by molar-refractivity contribution is 7.99. The minimum atomic E-state index is -0.128. The average Bonchev–Trinajstić information content (AvgIpc) is 2.86. The monoisotopic (exact) mass is 240 g/mol. The molecule has 0 aliphatic heterocycles. The van der Waals surface area contributed by atoms with Crippen LogP contribution in [-0.2, 0) is 0 Å². The molecule has 1 aliphatic carbocycles. The van der Waals surface area contributed by atoms with E-state index < -0.39 is 0 Å². The Kier molecular flexibility index (Phi) is 3.38. The molecule has 1 saturated carbocycles. The number of carbonyl (C=O) groups excluding carboxylic acids is 1. The third-order valence-corrected chi connectivity index (χ3v) is 4.15. The van der Waals surface area contributed by atoms with Gasteiger partial charge in [0.1, 0.15) is 11.4 Å². The second kappa shape index (κ2) is 4.78. The molecule has 0 spiro atoms. The zero-order chi connectivity index (χ0) is 11.5. The molecule has 0 aromatic carbocycles. The SMILES string of the molecule is CSC1CCCC1NC(=O)c1cn[nH]c1N. The topological polar surface area (TPSA) is 83.8 Å². The second-order valence-electron chi connectivity index (χ2n) is 3.98. The lowest BCUT2D eigenvalue weighted by Crippen LogP contribution is -2.38. The molecule has 16 heavy (non-hydrogen) atoms. The lowest BCUT2D eigenvalue weighted by Gasteiger charge is -2.18. The van der Waals surface area contributed by atoms with Gasteiger partial charge in [0.2, 0.25) is 0 Å². The zero-order valence-electron chi connectivity index (χ0n) is 9.19. The molecule has 1 fully saturated rings. The first-order chi connectivity index (χ1) is 7.72. The van der Waals surface area contributed by atoms with Crippen LogP contribution in [0, 0.1) is 0 Å². The van der Waals surface area contributed by atoms with Gasteiger partial charge in [-0.15, -0.1) is 0 Å². The Hall–Kier alpha value is -1.17. The Balaban J connectivity index is 2.00. The average molecular weight is 240 g/mol. The largest absolute Gasteiger partial charge is 0.383 e. The van der Waals surface area contributed by atoms with E-state index >= 15 is 0 Å². The van der Waals surface area contributed by atoms with Crippen LogP contribution in [0.15, 0.2) is 6.20 Å². The molecule has 0 bridgehead atoms. The summed E-state index contributed by atoms with van der Waals surface area (Å²) < 4.78 is 0. The molecule has 1 heterocycles. The number of aromatic nitrogens is 2. The Morgan fingerprint density at radius 3 is 3.12 bits per heavy atom. The van der Waals surface area contributed by atoms with Crippen molar-refractivity contribution in [3.8, 4) is 0 Å². The van der Waals surface area contributed by atoms with Gasteiger partial charge in [0.05, 0.1) is 6.20 Å². The molecule has 1 aromatic rings. The van der Waals surface area contributed by atoms with Crippen LogP contribution in [0.2, 0.25) is 0 Å². The van der Waals surface area contributed by atoms with Crippen LogP contribution in [0.4, 0.5) is 5.82 Å². The van der Waals surface area contributed by atoms with Crippen LogP contribution in [0.25, 0.3) is 0 Å². The smallest absolute Gasteiger partial charge is 0.256 e. The van der Waals surface area contributed by atoms with Crippen molar-refractivity contribution in [2.24, 2.45) is 0 Å². The third kappa shape index (κ3) is 2.16. The number of nitrogens with one attached hydrogen (secondary N) is 2. The summed E-state index contributed by atoms with van der Waals surface area (Å²) in [5.41, 5.74) is 6.04. The van der Waals surface area contributed by atoms with E-state index in [0.717, 1.165) is 6.42 Å². The van der Waals surface area contributed by atoms with Gasteiger partial charge in [0.15, 0.2) is 0 Å². The fourth-order valence-corrected chi connectivity index (χ4v) is 3.03. The highest BCUT2D eigenvalue weighted by Crippen LogP contribution is 2.28. The first-order valence-electron chi connectivity index (χ1n) is 5.35. The molecular weight excluding hydrogens is 224 g/mol. The van der Waals surface area contributed by atoms with Crippen LogP contribution in [0.3, 0.4) is 0 Å². The summed E-state index contributed by atoms with van der Waals surface area (Å²) in [6.07, 6.45) is 6.95. The summed E-state index contributed by atoms with van der Waals surface area (Å²) in [6.45, 7) is 0. The number of thioether (sulfide) groups is 1. The number of aromatic amines is 1. The molecule has 6 heteroatoms. The predicted octanol–water partition coefficient (Wildman–Crippen LogP) is 1.01. The third-order valence-electron chi connectivity index (χ3n) is 2.99. The number of rotatable bonds is 3. The number of H-pyrrole nitrogens is 1. The lowest BCUT2D eigenvalue weighted by atomic mass is 10.2. The first kappa shape index (κ1) is 11.3. The van der Waals surface area contributed by atoms with Crippen LogP contribution in [0.1, 0.15) is 29.6 Å². The fourth-order valence-electron chi connectivity index (χ4n) is 2.10. The van der Waals surface area contributed by atoms with Crippen molar-refractivity contribution in [3.63, 3.8) is 0 Å². The summed E-state index contributed by atoms with van der Waals surface area (Å²) in [5, 5.41) is 9.85. The van der Waals surface area contributed by atoms with Gasteiger partial charge in [-0.2, -0.15) is 16.9 Å². The van der Waals surface area contributed by atoms with Crippen molar-refractivity contribution in [1.29, 1.82) is 0 Å². The number of nitrogens with zero attached hydrogens (tertiary/aromatic N) is 1. The maximum atomic E-state index is 11.9. The normalized spacial score (nSPS) is 24.6. The van der Waals surface area contributed by atoms with Gasteiger partial charge in [0, 0.05) is 11.3 Å². The van der Waals surface area contributed by atoms with Crippen LogP contribution >= 0.6 is 11.8 Å². The van der Waals surface area contributed by atoms with Crippen molar-refractivity contribution >= 4 is 23.5 Å². The predicted molar refractivity (Wildman–Crippen MR) is 65.4 cm³/mol. The zero-order valence-corrected chi connectivity index (χ0v) is 10.0. The van der Waals surface area contributed by atoms with E-state index in [1.165, 1.54) is 19.0 Å². The molecule has 2 rings (SSSR count). The second-order valence-corrected chi connectivity index (χ2v) is 5.06. The molecular formula is C10H16N4OS. The molecule has 2 atom stereocenters. The highest BCUT2D eigenvalue weighted by atomic mass is 32.2. The van der Waals surface area contributed by atoms with Crippen molar-refractivity contribution in [2.45, 2.75) is 30.6 Å². The van der Waals surface area contributed by atoms with Gasteiger partial charge in [-0.25, -0.2) is 0 Å². The number of anilines is 1. The van der Waals surface area contributed by atoms with E-state index in [1.807, 2.05) is 11.8 Å². The van der Waals surface area contributed by atoms with Crippen LogP contribution in [0.5, 0.6) is 0 Å². The van der Waals surface area contributed by atoms with E-state index in [1.54, 1.807) is 0 Å². The Morgan fingerprint density at radius 1 is 1.69 bits per heavy atom. The van der Waals surface area contributed by atoms with Crippen molar-refractivity contribution in [3.05, 3.63) is 11.8 Å². The van der Waals surface area contributed by atoms with E-state index in [-0.39, 0.29) is 11.9 Å². The standard InChI is InChI=1S/C10H16N4OS/c1-16-8-4-2-3-7(8)13-10(15)6-5-12-14-9(6)11/h5,7-8H,2-4H2,1H3,(H,13,15)(H3,11,12,14). The van der Waals surface area contributed by atoms with Crippen molar-refractivity contribution in [2.75, 3.05) is 12.0 Å². The van der Waals surface area contributed by atoms with E-state index in [9.17, 15) is 4.79 Å². The van der Waals surface area contributed by atoms with E-state index in [0.29, 0.717) is 16.6 Å². The molecule has 5 nitrogen and oxygen atoms in total. The highest BCUT2D eigenvalue weighted by Gasteiger charge is 2.28. The summed E-state index contributed by atoms with van der Waals surface area (Å²) in [5.74, 6) is 0.202. The molecule has 1 aliphatic rings. The number of nitrogen functional groups attached to an aromatic ring is 1. The summed E-state index contributed by atoms with van der Waals surface area (Å²) in [7, 11) is 0. The van der Waals surface area contributed by atoms with Gasteiger partial charge < -0.3 is 11.1 Å². The van der Waals surface area contributed by atoms with Gasteiger partial charge in [-0.05, 0) is 19.1 Å². The molecule has 4 N–H and O–H groups in total. The van der Waals surface area contributed by atoms with Gasteiger partial charge in [-0.3, -0.25) is 9.89 Å². The molecule has 88 valence electrons. The van der Waals surface area contributed by atoms with Gasteiger partial charge in [-0.1, -0.05) is 6.42 Å². The number of nitrogens with two attached hydrogens (primary N) is 1. The lowest BCUT2D eigenvalue weighted by molar-refractivity contribution is 0.0939. The van der Waals surface area contributed by atoms with Gasteiger partial charge >= 0.3 is 0 Å². The molecule has 2 unspecified atom stereocenters. The maximum absolute atomic E-state index is 11.9. The first-order valence-corrected chi connectivity index (χ1v) is 6.63. The summed E-state index contributed by atoms with van der Waals surface area (Å²) in [4.78, 5) is 11.9. The maximum Gasteiger partial charge on any atom is 0.256 e. The molecule has 1 aromatic heterocycles. The Bertz CT molecular complexity index is 379. The number of carbonyl (C=O) groups is 1.